The van der Waals surface area contributed by atoms with Gasteiger partial charge in [0.2, 0.25) is 0 Å². The predicted octanol–water partition coefficient (Wildman–Crippen LogP) is 3.74. The summed E-state index contributed by atoms with van der Waals surface area (Å²) in [7, 11) is 3.35. The SMILES string of the molecule is O=C1c2ccccc2C(=O)N1CCCSSCCCN1C(=O)c2ccccc2C1=O. The highest BCUT2D eigenvalue weighted by molar-refractivity contribution is 8.76. The largest absolute Gasteiger partial charge is 0.274 e. The lowest BCUT2D eigenvalue weighted by molar-refractivity contribution is 0.0639. The molecule has 6 nitrogen and oxygen atoms in total. The van der Waals surface area contributed by atoms with Crippen molar-refractivity contribution in [2.75, 3.05) is 24.6 Å². The zero-order valence-electron chi connectivity index (χ0n) is 16.2. The molecule has 8 heteroatoms. The molecule has 0 saturated heterocycles. The van der Waals surface area contributed by atoms with Gasteiger partial charge in [-0.3, -0.25) is 29.0 Å². The molecule has 0 saturated carbocycles. The number of carbonyl (C=O) groups excluding carboxylic acids is 4. The van der Waals surface area contributed by atoms with Crippen molar-refractivity contribution in [1.29, 1.82) is 0 Å². The fourth-order valence-corrected chi connectivity index (χ4v) is 5.71. The molecule has 0 aliphatic carbocycles. The van der Waals surface area contributed by atoms with Gasteiger partial charge in [0.15, 0.2) is 0 Å². The predicted molar refractivity (Wildman–Crippen MR) is 118 cm³/mol. The van der Waals surface area contributed by atoms with E-state index < -0.39 is 0 Å². The van der Waals surface area contributed by atoms with Crippen molar-refractivity contribution in [2.45, 2.75) is 12.8 Å². The van der Waals surface area contributed by atoms with Gasteiger partial charge in [-0.25, -0.2) is 0 Å². The molecular formula is C22H20N2O4S2. The summed E-state index contributed by atoms with van der Waals surface area (Å²) in [4.78, 5) is 51.9. The van der Waals surface area contributed by atoms with Crippen LogP contribution >= 0.6 is 21.6 Å². The van der Waals surface area contributed by atoms with Crippen molar-refractivity contribution < 1.29 is 19.2 Å². The number of nitrogens with zero attached hydrogens (tertiary/aromatic N) is 2. The minimum absolute atomic E-state index is 0.214. The number of fused-ring (bicyclic) bond motifs is 2. The van der Waals surface area contributed by atoms with E-state index in [0.717, 1.165) is 24.3 Å². The second-order valence-electron chi connectivity index (χ2n) is 6.97. The third kappa shape index (κ3) is 3.89. The Labute approximate surface area is 182 Å². The fraction of sp³-hybridized carbons (Fsp3) is 0.273. The molecular weight excluding hydrogens is 420 g/mol. The van der Waals surface area contributed by atoms with Crippen molar-refractivity contribution in [3.8, 4) is 0 Å². The van der Waals surface area contributed by atoms with Crippen molar-refractivity contribution in [1.82, 2.24) is 9.80 Å². The molecule has 0 bridgehead atoms. The lowest BCUT2D eigenvalue weighted by atomic mass is 10.1. The summed E-state index contributed by atoms with van der Waals surface area (Å²) in [5.41, 5.74) is 1.94. The van der Waals surface area contributed by atoms with Crippen LogP contribution in [-0.4, -0.2) is 58.0 Å². The highest BCUT2D eigenvalue weighted by atomic mass is 33.1. The smallest absolute Gasteiger partial charge is 0.261 e. The van der Waals surface area contributed by atoms with Crippen LogP contribution in [-0.2, 0) is 0 Å². The van der Waals surface area contributed by atoms with E-state index in [4.69, 9.17) is 0 Å². The summed E-state index contributed by atoms with van der Waals surface area (Å²) in [6.07, 6.45) is 1.45. The first-order valence-corrected chi connectivity index (χ1v) is 12.2. The highest BCUT2D eigenvalue weighted by Crippen LogP contribution is 2.27. The van der Waals surface area contributed by atoms with Crippen LogP contribution in [0.5, 0.6) is 0 Å². The first-order valence-electron chi connectivity index (χ1n) is 9.74. The van der Waals surface area contributed by atoms with E-state index >= 15 is 0 Å². The third-order valence-corrected chi connectivity index (χ3v) is 7.64. The van der Waals surface area contributed by atoms with Gasteiger partial charge in [-0.05, 0) is 37.1 Å². The van der Waals surface area contributed by atoms with Gasteiger partial charge >= 0.3 is 0 Å². The molecule has 0 fully saturated rings. The first kappa shape index (κ1) is 20.7. The molecule has 0 atom stereocenters. The molecule has 2 aliphatic heterocycles. The van der Waals surface area contributed by atoms with E-state index in [1.165, 1.54) is 9.80 Å². The first-order chi connectivity index (χ1) is 14.6. The van der Waals surface area contributed by atoms with E-state index in [1.54, 1.807) is 70.1 Å². The summed E-state index contributed by atoms with van der Waals surface area (Å²) in [5.74, 6) is 0.766. The van der Waals surface area contributed by atoms with Crippen molar-refractivity contribution in [2.24, 2.45) is 0 Å². The lowest BCUT2D eigenvalue weighted by Crippen LogP contribution is -2.31. The zero-order chi connectivity index (χ0) is 21.1. The molecule has 0 spiro atoms. The standard InChI is InChI=1S/C22H20N2O4S2/c25-19-15-7-1-2-8-16(15)20(26)23(19)11-5-13-29-30-14-6-12-24-21(27)17-9-3-4-10-18(17)22(24)28/h1-4,7-10H,5-6,11-14H2. The quantitative estimate of drug-likeness (QED) is 0.336. The van der Waals surface area contributed by atoms with Crippen LogP contribution in [0, 0.1) is 0 Å². The summed E-state index contributed by atoms with van der Waals surface area (Å²) >= 11 is 0. The number of hydrogen-bond donors (Lipinski definition) is 0. The van der Waals surface area contributed by atoms with E-state index in [1.807, 2.05) is 0 Å². The minimum atomic E-state index is -0.214. The third-order valence-electron chi connectivity index (χ3n) is 5.06. The summed E-state index contributed by atoms with van der Waals surface area (Å²) in [6, 6.07) is 13.8. The Morgan fingerprint density at radius 3 is 1.13 bits per heavy atom. The van der Waals surface area contributed by atoms with Crippen molar-refractivity contribution >= 4 is 45.2 Å². The summed E-state index contributed by atoms with van der Waals surface area (Å²) < 4.78 is 0. The molecule has 4 amide bonds. The number of amides is 4. The normalized spacial score (nSPS) is 15.2. The van der Waals surface area contributed by atoms with Crippen LogP contribution in [0.3, 0.4) is 0 Å². The van der Waals surface area contributed by atoms with Crippen molar-refractivity contribution in [3.63, 3.8) is 0 Å². The molecule has 154 valence electrons. The Bertz CT molecular complexity index is 872. The van der Waals surface area contributed by atoms with Crippen molar-refractivity contribution in [3.05, 3.63) is 70.8 Å². The number of rotatable bonds is 9. The molecule has 2 aliphatic rings. The maximum absolute atomic E-state index is 12.3. The number of benzene rings is 2. The summed E-state index contributed by atoms with van der Waals surface area (Å²) in [6.45, 7) is 0.823. The average molecular weight is 441 g/mol. The van der Waals surface area contributed by atoms with Crippen LogP contribution in [0.2, 0.25) is 0 Å². The van der Waals surface area contributed by atoms with Gasteiger partial charge < -0.3 is 0 Å². The van der Waals surface area contributed by atoms with Gasteiger partial charge in [-0.1, -0.05) is 45.9 Å². The molecule has 0 unspecified atom stereocenters. The second kappa shape index (κ2) is 9.06. The van der Waals surface area contributed by atoms with Gasteiger partial charge in [0.05, 0.1) is 22.3 Å². The molecule has 2 aromatic carbocycles. The number of imide groups is 2. The van der Waals surface area contributed by atoms with Crippen LogP contribution in [0.15, 0.2) is 48.5 Å². The highest BCUT2D eigenvalue weighted by Gasteiger charge is 2.35. The Morgan fingerprint density at radius 2 is 0.833 bits per heavy atom. The molecule has 0 N–H and O–H groups in total. The maximum Gasteiger partial charge on any atom is 0.261 e. The summed E-state index contributed by atoms with van der Waals surface area (Å²) in [5, 5.41) is 0. The van der Waals surface area contributed by atoms with E-state index in [0.29, 0.717) is 35.3 Å². The molecule has 2 heterocycles. The van der Waals surface area contributed by atoms with E-state index in [2.05, 4.69) is 0 Å². The monoisotopic (exact) mass is 440 g/mol. The van der Waals surface area contributed by atoms with Crippen LogP contribution in [0.25, 0.3) is 0 Å². The fourth-order valence-electron chi connectivity index (χ4n) is 3.57. The second-order valence-corrected chi connectivity index (χ2v) is 9.67. The Hall–Kier alpha value is -2.58. The topological polar surface area (TPSA) is 74.8 Å². The molecule has 30 heavy (non-hydrogen) atoms. The molecule has 2 aromatic rings. The average Bonchev–Trinajstić information content (AvgIpc) is 3.16. The van der Waals surface area contributed by atoms with Crippen LogP contribution < -0.4 is 0 Å². The van der Waals surface area contributed by atoms with E-state index in [9.17, 15) is 19.2 Å². The lowest BCUT2D eigenvalue weighted by Gasteiger charge is -2.14. The van der Waals surface area contributed by atoms with Crippen LogP contribution in [0.1, 0.15) is 54.3 Å². The van der Waals surface area contributed by atoms with E-state index in [-0.39, 0.29) is 23.6 Å². The number of hydrogen-bond acceptors (Lipinski definition) is 6. The van der Waals surface area contributed by atoms with Gasteiger partial charge in [0, 0.05) is 24.6 Å². The van der Waals surface area contributed by atoms with Gasteiger partial charge in [0.1, 0.15) is 0 Å². The molecule has 0 radical (unpaired) electrons. The van der Waals surface area contributed by atoms with Gasteiger partial charge in [-0.15, -0.1) is 0 Å². The Morgan fingerprint density at radius 1 is 0.533 bits per heavy atom. The maximum atomic E-state index is 12.3. The molecule has 4 rings (SSSR count). The Balaban J connectivity index is 1.12. The molecule has 0 aromatic heterocycles. The van der Waals surface area contributed by atoms with Gasteiger partial charge in [0.25, 0.3) is 23.6 Å². The Kier molecular flexibility index (Phi) is 6.24. The van der Waals surface area contributed by atoms with Gasteiger partial charge in [-0.2, -0.15) is 0 Å². The number of carbonyl (C=O) groups is 4. The minimum Gasteiger partial charge on any atom is -0.274 e. The zero-order valence-corrected chi connectivity index (χ0v) is 17.8. The van der Waals surface area contributed by atoms with Crippen LogP contribution in [0.4, 0.5) is 0 Å².